The third-order valence-corrected chi connectivity index (χ3v) is 6.38. The molecule has 0 bridgehead atoms. The number of nitrogens with zero attached hydrogens (tertiary/aromatic N) is 3. The molecule has 1 atom stereocenters. The number of hydrogen-bond donors (Lipinski definition) is 1. The summed E-state index contributed by atoms with van der Waals surface area (Å²) in [5.74, 6) is -1.01. The van der Waals surface area contributed by atoms with Crippen molar-refractivity contribution in [1.82, 2.24) is 13.9 Å². The van der Waals surface area contributed by atoms with Crippen LogP contribution in [0.1, 0.15) is 30.3 Å². The van der Waals surface area contributed by atoms with Gasteiger partial charge in [0.25, 0.3) is 0 Å². The standard InChI is InChI=1S/C18H22N4O5S/c1-3-27-18(24)16-10-14(12-21(16)2)28(25,26)22-9-5-7-15(22)17(23)20-13-6-4-8-19-11-13/h4,6,8,10-12,15H,3,5,7,9H2,1-2H3,(H,20,23)/t15-/m0/s1. The Balaban J connectivity index is 1.83. The molecule has 3 heterocycles. The molecule has 0 unspecified atom stereocenters. The van der Waals surface area contributed by atoms with E-state index in [9.17, 15) is 18.0 Å². The van der Waals surface area contributed by atoms with Gasteiger partial charge in [-0.15, -0.1) is 0 Å². The minimum atomic E-state index is -3.95. The number of aryl methyl sites for hydroxylation is 1. The largest absolute Gasteiger partial charge is 0.461 e. The van der Waals surface area contributed by atoms with E-state index in [0.29, 0.717) is 18.5 Å². The van der Waals surface area contributed by atoms with Crippen molar-refractivity contribution in [2.75, 3.05) is 18.5 Å². The summed E-state index contributed by atoms with van der Waals surface area (Å²) in [6.45, 7) is 2.10. The third-order valence-electron chi connectivity index (χ3n) is 4.51. The Labute approximate surface area is 163 Å². The molecular weight excluding hydrogens is 384 g/mol. The minimum absolute atomic E-state index is 0.0425. The van der Waals surface area contributed by atoms with Crippen LogP contribution >= 0.6 is 0 Å². The average molecular weight is 406 g/mol. The lowest BCUT2D eigenvalue weighted by atomic mass is 10.2. The van der Waals surface area contributed by atoms with Crippen molar-refractivity contribution in [1.29, 1.82) is 0 Å². The lowest BCUT2D eigenvalue weighted by molar-refractivity contribution is -0.119. The van der Waals surface area contributed by atoms with Crippen LogP contribution in [0, 0.1) is 0 Å². The molecule has 0 spiro atoms. The fraction of sp³-hybridized carbons (Fsp3) is 0.389. The highest BCUT2D eigenvalue weighted by atomic mass is 32.2. The highest BCUT2D eigenvalue weighted by Gasteiger charge is 2.40. The van der Waals surface area contributed by atoms with Gasteiger partial charge in [-0.2, -0.15) is 4.31 Å². The van der Waals surface area contributed by atoms with E-state index in [1.165, 1.54) is 27.3 Å². The number of anilines is 1. The molecular formula is C18H22N4O5S. The molecule has 10 heteroatoms. The number of pyridine rings is 1. The van der Waals surface area contributed by atoms with Crippen molar-refractivity contribution < 1.29 is 22.7 Å². The maximum absolute atomic E-state index is 13.1. The molecule has 2 aromatic rings. The van der Waals surface area contributed by atoms with E-state index in [1.54, 1.807) is 32.3 Å². The van der Waals surface area contributed by atoms with E-state index in [0.717, 1.165) is 0 Å². The number of nitrogens with one attached hydrogen (secondary N) is 1. The van der Waals surface area contributed by atoms with Gasteiger partial charge in [0.2, 0.25) is 15.9 Å². The van der Waals surface area contributed by atoms with Gasteiger partial charge in [0.15, 0.2) is 0 Å². The summed E-state index contributed by atoms with van der Waals surface area (Å²) in [4.78, 5) is 28.5. The first-order chi connectivity index (χ1) is 13.3. The van der Waals surface area contributed by atoms with Gasteiger partial charge in [0.05, 0.1) is 18.5 Å². The Bertz CT molecular complexity index is 971. The first-order valence-electron chi connectivity index (χ1n) is 8.90. The molecule has 1 N–H and O–H groups in total. The first kappa shape index (κ1) is 20.0. The Morgan fingerprint density at radius 1 is 1.39 bits per heavy atom. The summed E-state index contributed by atoms with van der Waals surface area (Å²) in [5.41, 5.74) is 0.636. The number of rotatable bonds is 6. The molecule has 3 rings (SSSR count). The molecule has 0 radical (unpaired) electrons. The topological polar surface area (TPSA) is 111 Å². The van der Waals surface area contributed by atoms with Crippen LogP contribution in [0.5, 0.6) is 0 Å². The molecule has 0 saturated carbocycles. The van der Waals surface area contributed by atoms with E-state index in [-0.39, 0.29) is 23.7 Å². The Hall–Kier alpha value is -2.72. The smallest absolute Gasteiger partial charge is 0.354 e. The maximum Gasteiger partial charge on any atom is 0.354 e. The number of hydrogen-bond acceptors (Lipinski definition) is 6. The minimum Gasteiger partial charge on any atom is -0.461 e. The monoisotopic (exact) mass is 406 g/mol. The number of amides is 1. The summed E-state index contributed by atoms with van der Waals surface area (Å²) in [5, 5.41) is 2.70. The zero-order valence-electron chi connectivity index (χ0n) is 15.7. The normalized spacial score (nSPS) is 17.4. The van der Waals surface area contributed by atoms with E-state index in [1.807, 2.05) is 0 Å². The molecule has 0 aromatic carbocycles. The van der Waals surface area contributed by atoms with Crippen molar-refractivity contribution in [3.63, 3.8) is 0 Å². The van der Waals surface area contributed by atoms with Gasteiger partial charge in [-0.3, -0.25) is 9.78 Å². The van der Waals surface area contributed by atoms with E-state index in [2.05, 4.69) is 10.3 Å². The van der Waals surface area contributed by atoms with Crippen LogP contribution < -0.4 is 5.32 Å². The highest BCUT2D eigenvalue weighted by Crippen LogP contribution is 2.28. The predicted octanol–water partition coefficient (Wildman–Crippen LogP) is 1.39. The molecule has 28 heavy (non-hydrogen) atoms. The van der Waals surface area contributed by atoms with Crippen molar-refractivity contribution in [2.45, 2.75) is 30.7 Å². The number of carbonyl (C=O) groups is 2. The molecule has 1 fully saturated rings. The van der Waals surface area contributed by atoms with Gasteiger partial charge in [-0.25, -0.2) is 13.2 Å². The number of carbonyl (C=O) groups excluding carboxylic acids is 2. The van der Waals surface area contributed by atoms with Gasteiger partial charge in [-0.05, 0) is 38.0 Å². The van der Waals surface area contributed by atoms with Crippen molar-refractivity contribution in [3.8, 4) is 0 Å². The van der Waals surface area contributed by atoms with Crippen LogP contribution in [-0.4, -0.2) is 53.3 Å². The van der Waals surface area contributed by atoms with Crippen LogP contribution in [-0.2, 0) is 26.6 Å². The molecule has 1 saturated heterocycles. The van der Waals surface area contributed by atoms with Crippen LogP contribution in [0.4, 0.5) is 5.69 Å². The van der Waals surface area contributed by atoms with Crippen molar-refractivity contribution in [3.05, 3.63) is 42.5 Å². The molecule has 1 aliphatic heterocycles. The van der Waals surface area contributed by atoms with Crippen LogP contribution in [0.15, 0.2) is 41.7 Å². The lowest BCUT2D eigenvalue weighted by Gasteiger charge is -2.22. The first-order valence-corrected chi connectivity index (χ1v) is 10.3. The molecule has 150 valence electrons. The van der Waals surface area contributed by atoms with Crippen molar-refractivity contribution in [2.24, 2.45) is 7.05 Å². The van der Waals surface area contributed by atoms with Crippen molar-refractivity contribution >= 4 is 27.6 Å². The lowest BCUT2D eigenvalue weighted by Crippen LogP contribution is -2.43. The summed E-state index contributed by atoms with van der Waals surface area (Å²) in [6.07, 6.45) is 5.42. The van der Waals surface area contributed by atoms with Gasteiger partial charge in [-0.1, -0.05) is 0 Å². The molecule has 1 aliphatic rings. The SMILES string of the molecule is CCOC(=O)c1cc(S(=O)(=O)N2CCC[C@H]2C(=O)Nc2cccnc2)cn1C. The average Bonchev–Trinajstić information content (AvgIpc) is 3.30. The highest BCUT2D eigenvalue weighted by molar-refractivity contribution is 7.89. The number of ether oxygens (including phenoxy) is 1. The Morgan fingerprint density at radius 3 is 2.86 bits per heavy atom. The van der Waals surface area contributed by atoms with E-state index < -0.39 is 27.9 Å². The van der Waals surface area contributed by atoms with E-state index >= 15 is 0 Å². The zero-order chi connectivity index (χ0) is 20.3. The van der Waals surface area contributed by atoms with Gasteiger partial charge in [0.1, 0.15) is 16.6 Å². The quantitative estimate of drug-likeness (QED) is 0.726. The van der Waals surface area contributed by atoms with Crippen LogP contribution in [0.3, 0.4) is 0 Å². The fourth-order valence-corrected chi connectivity index (χ4v) is 4.90. The molecule has 0 aliphatic carbocycles. The van der Waals surface area contributed by atoms with Gasteiger partial charge in [0, 0.05) is 26.0 Å². The van der Waals surface area contributed by atoms with Crippen LogP contribution in [0.25, 0.3) is 0 Å². The Kier molecular flexibility index (Phi) is 5.80. The molecule has 1 amide bonds. The summed E-state index contributed by atoms with van der Waals surface area (Å²) in [6, 6.07) is 3.82. The fourth-order valence-electron chi connectivity index (χ4n) is 3.17. The second-order valence-corrected chi connectivity index (χ2v) is 8.29. The Morgan fingerprint density at radius 2 is 2.18 bits per heavy atom. The zero-order valence-corrected chi connectivity index (χ0v) is 16.5. The second kappa shape index (κ2) is 8.11. The number of sulfonamides is 1. The predicted molar refractivity (Wildman–Crippen MR) is 101 cm³/mol. The van der Waals surface area contributed by atoms with Crippen LogP contribution in [0.2, 0.25) is 0 Å². The van der Waals surface area contributed by atoms with Gasteiger partial charge < -0.3 is 14.6 Å². The number of esters is 1. The summed E-state index contributed by atoms with van der Waals surface area (Å²) >= 11 is 0. The molecule has 9 nitrogen and oxygen atoms in total. The third kappa shape index (κ3) is 3.92. The van der Waals surface area contributed by atoms with E-state index in [4.69, 9.17) is 4.74 Å². The second-order valence-electron chi connectivity index (χ2n) is 6.40. The molecule has 2 aromatic heterocycles. The summed E-state index contributed by atoms with van der Waals surface area (Å²) in [7, 11) is -2.38. The maximum atomic E-state index is 13.1. The number of aromatic nitrogens is 2. The van der Waals surface area contributed by atoms with Gasteiger partial charge >= 0.3 is 5.97 Å². The summed E-state index contributed by atoms with van der Waals surface area (Å²) < 4.78 is 33.8.